The van der Waals surface area contributed by atoms with Gasteiger partial charge in [0.25, 0.3) is 5.91 Å². The molecule has 0 radical (unpaired) electrons. The first kappa shape index (κ1) is 27.4. The van der Waals surface area contributed by atoms with Crippen LogP contribution in [0, 0.1) is 13.8 Å². The molecule has 0 saturated heterocycles. The van der Waals surface area contributed by atoms with Gasteiger partial charge in [-0.2, -0.15) is 0 Å². The smallest absolute Gasteiger partial charge is 0.361 e. The van der Waals surface area contributed by atoms with Gasteiger partial charge in [-0.05, 0) is 63.1 Å². The first-order valence-electron chi connectivity index (χ1n) is 12.6. The Morgan fingerprint density at radius 3 is 2.33 bits per heavy atom. The summed E-state index contributed by atoms with van der Waals surface area (Å²) in [5.74, 6) is -1.38. The fraction of sp³-hybridized carbons (Fsp3) is 0.321. The van der Waals surface area contributed by atoms with Crippen LogP contribution in [0.25, 0.3) is 5.70 Å². The highest BCUT2D eigenvalue weighted by atomic mass is 16.5. The van der Waals surface area contributed by atoms with Crippen molar-refractivity contribution in [3.05, 3.63) is 82.2 Å². The van der Waals surface area contributed by atoms with Crippen LogP contribution in [-0.4, -0.2) is 58.2 Å². The minimum atomic E-state index is -0.825. The molecule has 204 valence electrons. The second-order valence-electron chi connectivity index (χ2n) is 8.88. The van der Waals surface area contributed by atoms with Crippen LogP contribution in [0.5, 0.6) is 5.75 Å². The van der Waals surface area contributed by atoms with Gasteiger partial charge in [0.15, 0.2) is 5.69 Å². The number of benzene rings is 2. The van der Waals surface area contributed by atoms with E-state index in [0.29, 0.717) is 5.75 Å². The van der Waals surface area contributed by atoms with Crippen molar-refractivity contribution in [3.63, 3.8) is 0 Å². The Balaban J connectivity index is 1.69. The average molecular weight is 534 g/mol. The van der Waals surface area contributed by atoms with Crippen LogP contribution in [0.4, 0.5) is 0 Å². The van der Waals surface area contributed by atoms with Gasteiger partial charge in [0.05, 0.1) is 32.1 Å². The van der Waals surface area contributed by atoms with Crippen LogP contribution in [0.2, 0.25) is 0 Å². The molecule has 39 heavy (non-hydrogen) atoms. The van der Waals surface area contributed by atoms with Crippen LogP contribution >= 0.6 is 0 Å². The summed E-state index contributed by atoms with van der Waals surface area (Å²) >= 11 is 0. The number of hydrogen-bond donors (Lipinski definition) is 1. The van der Waals surface area contributed by atoms with Crippen molar-refractivity contribution < 1.29 is 28.6 Å². The summed E-state index contributed by atoms with van der Waals surface area (Å²) in [5.41, 5.74) is 7.38. The predicted octanol–water partition coefficient (Wildman–Crippen LogP) is 3.39. The Bertz CT molecular complexity index is 1410. The zero-order chi connectivity index (χ0) is 28.1. The standard InChI is InChI=1S/C28H31N5O6/c1-6-38-27(35)25-26(28(36)39-7-2)32(31-29-25)16-24(34)33-23(19-10-12-20(37-5)13-11-19)15-22(30-33)21-14-17(3)8-9-18(21)4/h8-15,23,30H,6-7,16H2,1-5H3. The van der Waals surface area contributed by atoms with Crippen molar-refractivity contribution in [2.75, 3.05) is 20.3 Å². The third kappa shape index (κ3) is 5.77. The lowest BCUT2D eigenvalue weighted by Crippen LogP contribution is -2.42. The third-order valence-corrected chi connectivity index (χ3v) is 6.21. The Morgan fingerprint density at radius 2 is 1.67 bits per heavy atom. The molecule has 0 bridgehead atoms. The first-order valence-corrected chi connectivity index (χ1v) is 12.6. The summed E-state index contributed by atoms with van der Waals surface area (Å²) in [6.07, 6.45) is 1.97. The summed E-state index contributed by atoms with van der Waals surface area (Å²) in [4.78, 5) is 38.9. The Labute approximate surface area is 226 Å². The largest absolute Gasteiger partial charge is 0.497 e. The highest BCUT2D eigenvalue weighted by Gasteiger charge is 2.34. The predicted molar refractivity (Wildman–Crippen MR) is 142 cm³/mol. The fourth-order valence-corrected chi connectivity index (χ4v) is 4.28. The van der Waals surface area contributed by atoms with Gasteiger partial charge in [0.1, 0.15) is 12.3 Å². The van der Waals surface area contributed by atoms with E-state index in [2.05, 4.69) is 21.8 Å². The number of nitrogens with zero attached hydrogens (tertiary/aromatic N) is 4. The molecule has 0 fully saturated rings. The number of ether oxygens (including phenoxy) is 3. The maximum Gasteiger partial charge on any atom is 0.361 e. The van der Waals surface area contributed by atoms with Crippen LogP contribution in [0.3, 0.4) is 0 Å². The number of aromatic nitrogens is 3. The number of carbonyl (C=O) groups is 3. The quantitative estimate of drug-likeness (QED) is 0.412. The number of aryl methyl sites for hydroxylation is 2. The molecule has 1 aliphatic heterocycles. The maximum atomic E-state index is 13.7. The van der Waals surface area contributed by atoms with Gasteiger partial charge in [0.2, 0.25) is 5.69 Å². The number of hydrazine groups is 1. The van der Waals surface area contributed by atoms with Gasteiger partial charge >= 0.3 is 11.9 Å². The summed E-state index contributed by atoms with van der Waals surface area (Å²) in [6, 6.07) is 13.0. The zero-order valence-electron chi connectivity index (χ0n) is 22.6. The van der Waals surface area contributed by atoms with Crippen LogP contribution in [-0.2, 0) is 20.8 Å². The number of methoxy groups -OCH3 is 1. The Kier molecular flexibility index (Phi) is 8.28. The van der Waals surface area contributed by atoms with Gasteiger partial charge in [-0.3, -0.25) is 10.2 Å². The number of esters is 2. The second kappa shape index (κ2) is 11.8. The van der Waals surface area contributed by atoms with E-state index in [-0.39, 0.29) is 31.1 Å². The fourth-order valence-electron chi connectivity index (χ4n) is 4.28. The van der Waals surface area contributed by atoms with Crippen LogP contribution in [0.1, 0.15) is 63.1 Å². The molecular weight excluding hydrogens is 502 g/mol. The third-order valence-electron chi connectivity index (χ3n) is 6.21. The van der Waals surface area contributed by atoms with E-state index >= 15 is 0 Å². The number of hydrogen-bond acceptors (Lipinski definition) is 9. The van der Waals surface area contributed by atoms with Crippen LogP contribution < -0.4 is 10.2 Å². The second-order valence-corrected chi connectivity index (χ2v) is 8.88. The van der Waals surface area contributed by atoms with Gasteiger partial charge in [-0.15, -0.1) is 5.10 Å². The molecule has 0 aliphatic carbocycles. The molecule has 4 rings (SSSR count). The zero-order valence-corrected chi connectivity index (χ0v) is 22.6. The molecule has 2 heterocycles. The van der Waals surface area contributed by atoms with Crippen LogP contribution in [0.15, 0.2) is 48.5 Å². The lowest BCUT2D eigenvalue weighted by Gasteiger charge is -2.26. The SMILES string of the molecule is CCOC(=O)c1nnn(CC(=O)N2NC(c3cc(C)ccc3C)=CC2c2ccc(OC)cc2)c1C(=O)OCC. The molecular formula is C28H31N5O6. The number of nitrogens with one attached hydrogen (secondary N) is 1. The summed E-state index contributed by atoms with van der Waals surface area (Å²) in [6.45, 7) is 7.04. The molecule has 1 aliphatic rings. The van der Waals surface area contributed by atoms with E-state index in [1.807, 2.05) is 56.3 Å². The molecule has 1 aromatic heterocycles. The summed E-state index contributed by atoms with van der Waals surface area (Å²) < 4.78 is 16.5. The minimum Gasteiger partial charge on any atom is -0.497 e. The van der Waals surface area contributed by atoms with E-state index in [9.17, 15) is 14.4 Å². The molecule has 0 saturated carbocycles. The minimum absolute atomic E-state index is 0.0660. The highest BCUT2D eigenvalue weighted by Crippen LogP contribution is 2.33. The lowest BCUT2D eigenvalue weighted by atomic mass is 10.0. The van der Waals surface area contributed by atoms with Crippen molar-refractivity contribution in [3.8, 4) is 5.75 Å². The Morgan fingerprint density at radius 1 is 0.974 bits per heavy atom. The summed E-state index contributed by atoms with van der Waals surface area (Å²) in [7, 11) is 1.59. The van der Waals surface area contributed by atoms with Gasteiger partial charge in [-0.25, -0.2) is 19.3 Å². The molecule has 1 atom stereocenters. The molecule has 1 amide bonds. The molecule has 1 unspecified atom stereocenters. The van der Waals surface area contributed by atoms with Crippen molar-refractivity contribution in [2.24, 2.45) is 0 Å². The number of carbonyl (C=O) groups excluding carboxylic acids is 3. The molecule has 1 N–H and O–H groups in total. The van der Waals surface area contributed by atoms with Crippen molar-refractivity contribution in [1.29, 1.82) is 0 Å². The topological polar surface area (TPSA) is 125 Å². The van der Waals surface area contributed by atoms with Crippen molar-refractivity contribution in [1.82, 2.24) is 25.4 Å². The monoisotopic (exact) mass is 533 g/mol. The highest BCUT2D eigenvalue weighted by molar-refractivity contribution is 6.00. The molecule has 11 heteroatoms. The van der Waals surface area contributed by atoms with Crippen molar-refractivity contribution >= 4 is 23.5 Å². The maximum absolute atomic E-state index is 13.7. The summed E-state index contributed by atoms with van der Waals surface area (Å²) in [5, 5.41) is 9.20. The first-order chi connectivity index (χ1) is 18.8. The average Bonchev–Trinajstić information content (AvgIpc) is 3.55. The molecule has 11 nitrogen and oxygen atoms in total. The van der Waals surface area contributed by atoms with Gasteiger partial charge < -0.3 is 14.2 Å². The number of amides is 1. The molecule has 2 aromatic carbocycles. The van der Waals surface area contributed by atoms with E-state index in [4.69, 9.17) is 14.2 Å². The van der Waals surface area contributed by atoms with E-state index in [1.165, 1.54) is 5.01 Å². The van der Waals surface area contributed by atoms with E-state index < -0.39 is 23.9 Å². The van der Waals surface area contributed by atoms with Crippen molar-refractivity contribution in [2.45, 2.75) is 40.3 Å². The van der Waals surface area contributed by atoms with Gasteiger partial charge in [-0.1, -0.05) is 35.0 Å². The lowest BCUT2D eigenvalue weighted by molar-refractivity contribution is -0.135. The number of rotatable bonds is 9. The van der Waals surface area contributed by atoms with Gasteiger partial charge in [0, 0.05) is 5.56 Å². The van der Waals surface area contributed by atoms with E-state index in [1.54, 1.807) is 21.0 Å². The van der Waals surface area contributed by atoms with E-state index in [0.717, 1.165) is 32.6 Å². The molecule has 3 aromatic rings. The molecule has 0 spiro atoms. The normalized spacial score (nSPS) is 14.4. The Hall–Kier alpha value is -4.67.